The van der Waals surface area contributed by atoms with E-state index in [-0.39, 0.29) is 24.4 Å². The van der Waals surface area contributed by atoms with Crippen LogP contribution in [-0.4, -0.2) is 56.5 Å². The maximum Gasteiger partial charge on any atom is 0.280 e. The third-order valence-electron chi connectivity index (χ3n) is 5.39. The maximum absolute atomic E-state index is 12.8. The van der Waals surface area contributed by atoms with Gasteiger partial charge in [0.15, 0.2) is 12.6 Å². The van der Waals surface area contributed by atoms with Crippen LogP contribution in [-0.2, 0) is 9.59 Å². The van der Waals surface area contributed by atoms with Gasteiger partial charge in [-0.2, -0.15) is 0 Å². The van der Waals surface area contributed by atoms with Crippen LogP contribution in [0.15, 0.2) is 24.3 Å². The Kier molecular flexibility index (Phi) is 7.45. The second kappa shape index (κ2) is 9.57. The molecule has 0 radical (unpaired) electrons. The van der Waals surface area contributed by atoms with Gasteiger partial charge in [0, 0.05) is 18.8 Å². The van der Waals surface area contributed by atoms with Crippen molar-refractivity contribution in [1.82, 2.24) is 4.90 Å². The van der Waals surface area contributed by atoms with Crippen LogP contribution < -0.4 is 15.0 Å². The molecule has 0 aromatic heterocycles. The highest BCUT2D eigenvalue weighted by Crippen LogP contribution is 2.21. The van der Waals surface area contributed by atoms with Gasteiger partial charge >= 0.3 is 0 Å². The molecule has 0 spiro atoms. The topological polar surface area (TPSA) is 63.1 Å². The molecule has 1 aliphatic rings. The molecule has 144 valence electrons. The van der Waals surface area contributed by atoms with Gasteiger partial charge in [0.05, 0.1) is 14.2 Å². The van der Waals surface area contributed by atoms with E-state index in [4.69, 9.17) is 4.74 Å². The zero-order valence-electron chi connectivity index (χ0n) is 16.4. The number of ether oxygens (including phenoxy) is 1. The maximum atomic E-state index is 12.8. The number of methoxy groups -OCH3 is 1. The number of hydrogen-bond donors (Lipinski definition) is 2. The highest BCUT2D eigenvalue weighted by atomic mass is 16.5. The first-order valence-corrected chi connectivity index (χ1v) is 9.45. The van der Waals surface area contributed by atoms with Gasteiger partial charge in [0.25, 0.3) is 11.8 Å². The Bertz CT molecular complexity index is 597. The highest BCUT2D eigenvalue weighted by molar-refractivity contribution is 5.91. The van der Waals surface area contributed by atoms with Gasteiger partial charge in [-0.1, -0.05) is 19.3 Å². The SMILES string of the molecule is COc1ccc(NC(=O)C[NH+](C)[C@H](C)C(=O)N(C)C2CCCCC2)cc1. The largest absolute Gasteiger partial charge is 0.497 e. The molecule has 0 bridgehead atoms. The van der Waals surface area contributed by atoms with Crippen molar-refractivity contribution >= 4 is 17.5 Å². The lowest BCUT2D eigenvalue weighted by atomic mass is 9.94. The summed E-state index contributed by atoms with van der Waals surface area (Å²) in [7, 11) is 5.40. The summed E-state index contributed by atoms with van der Waals surface area (Å²) in [5.74, 6) is 0.759. The smallest absolute Gasteiger partial charge is 0.280 e. The molecule has 1 aromatic rings. The minimum atomic E-state index is -0.247. The zero-order valence-corrected chi connectivity index (χ0v) is 16.4. The average molecular weight is 362 g/mol. The molecule has 2 N–H and O–H groups in total. The Morgan fingerprint density at radius 1 is 1.23 bits per heavy atom. The molecule has 6 nitrogen and oxygen atoms in total. The fourth-order valence-corrected chi connectivity index (χ4v) is 3.45. The van der Waals surface area contributed by atoms with E-state index in [0.717, 1.165) is 29.2 Å². The minimum absolute atomic E-state index is 0.104. The summed E-state index contributed by atoms with van der Waals surface area (Å²) >= 11 is 0. The first kappa shape index (κ1) is 20.2. The van der Waals surface area contributed by atoms with Crippen molar-refractivity contribution in [2.45, 2.75) is 51.1 Å². The van der Waals surface area contributed by atoms with Crippen LogP contribution in [0.3, 0.4) is 0 Å². The molecule has 6 heteroatoms. The summed E-state index contributed by atoms with van der Waals surface area (Å²) < 4.78 is 5.11. The summed E-state index contributed by atoms with van der Waals surface area (Å²) in [6, 6.07) is 7.31. The molecule has 0 saturated heterocycles. The van der Waals surface area contributed by atoms with Gasteiger partial charge in [-0.25, -0.2) is 0 Å². The summed E-state index contributed by atoms with van der Waals surface area (Å²) in [6.45, 7) is 2.15. The monoisotopic (exact) mass is 362 g/mol. The third kappa shape index (κ3) is 5.46. The Morgan fingerprint density at radius 3 is 2.42 bits per heavy atom. The number of likely N-dealkylation sites (N-methyl/N-ethyl adjacent to an activating group) is 2. The first-order valence-electron chi connectivity index (χ1n) is 9.45. The summed E-state index contributed by atoms with van der Waals surface area (Å²) in [4.78, 5) is 27.8. The van der Waals surface area contributed by atoms with E-state index in [2.05, 4.69) is 5.32 Å². The van der Waals surface area contributed by atoms with Crippen molar-refractivity contribution in [1.29, 1.82) is 0 Å². The predicted octanol–water partition coefficient (Wildman–Crippen LogP) is 1.33. The van der Waals surface area contributed by atoms with Crippen LogP contribution in [0, 0.1) is 0 Å². The molecule has 1 aliphatic carbocycles. The molecule has 0 aliphatic heterocycles. The van der Waals surface area contributed by atoms with Gasteiger partial charge in [-0.3, -0.25) is 9.59 Å². The Hall–Kier alpha value is -2.08. The molecule has 1 saturated carbocycles. The van der Waals surface area contributed by atoms with E-state index < -0.39 is 0 Å². The second-order valence-corrected chi connectivity index (χ2v) is 7.26. The van der Waals surface area contributed by atoms with E-state index in [1.807, 2.05) is 25.9 Å². The fourth-order valence-electron chi connectivity index (χ4n) is 3.45. The second-order valence-electron chi connectivity index (χ2n) is 7.26. The lowest BCUT2D eigenvalue weighted by molar-refractivity contribution is -0.886. The molecule has 1 fully saturated rings. The normalized spacial score (nSPS) is 17.2. The molecule has 2 atom stereocenters. The van der Waals surface area contributed by atoms with E-state index in [1.165, 1.54) is 19.3 Å². The third-order valence-corrected chi connectivity index (χ3v) is 5.39. The number of amides is 2. The van der Waals surface area contributed by atoms with Crippen LogP contribution in [0.1, 0.15) is 39.0 Å². The molecule has 2 rings (SSSR count). The number of rotatable bonds is 7. The van der Waals surface area contributed by atoms with Crippen molar-refractivity contribution in [2.75, 3.05) is 33.1 Å². The number of anilines is 1. The molecule has 1 unspecified atom stereocenters. The van der Waals surface area contributed by atoms with Gasteiger partial charge < -0.3 is 19.9 Å². The molecule has 26 heavy (non-hydrogen) atoms. The van der Waals surface area contributed by atoms with Crippen molar-refractivity contribution in [3.63, 3.8) is 0 Å². The lowest BCUT2D eigenvalue weighted by Gasteiger charge is -2.33. The van der Waals surface area contributed by atoms with Crippen molar-refractivity contribution < 1.29 is 19.2 Å². The summed E-state index contributed by atoms with van der Waals surface area (Å²) in [5.41, 5.74) is 0.724. The Morgan fingerprint density at radius 2 is 1.85 bits per heavy atom. The zero-order chi connectivity index (χ0) is 19.1. The molecule has 1 aromatic carbocycles. The standard InChI is InChI=1S/C20H31N3O3/c1-15(20(25)23(3)17-8-6-5-7-9-17)22(2)14-19(24)21-16-10-12-18(26-4)13-11-16/h10-13,15,17H,5-9,14H2,1-4H3,(H,21,24)/p+1/t15-/m1/s1. The molecule has 2 amide bonds. The average Bonchev–Trinajstić information content (AvgIpc) is 2.67. The van der Waals surface area contributed by atoms with Gasteiger partial charge in [0.1, 0.15) is 5.75 Å². The molecular formula is C20H32N3O3+. The Balaban J connectivity index is 1.85. The minimum Gasteiger partial charge on any atom is -0.497 e. The summed E-state index contributed by atoms with van der Waals surface area (Å²) in [5, 5.41) is 2.87. The number of nitrogens with zero attached hydrogens (tertiary/aromatic N) is 1. The van der Waals surface area contributed by atoms with Crippen LogP contribution in [0.25, 0.3) is 0 Å². The number of carbonyl (C=O) groups excluding carboxylic acids is 2. The summed E-state index contributed by atoms with van der Waals surface area (Å²) in [6.07, 6.45) is 5.84. The van der Waals surface area contributed by atoms with Crippen LogP contribution in [0.4, 0.5) is 5.69 Å². The van der Waals surface area contributed by atoms with E-state index >= 15 is 0 Å². The van der Waals surface area contributed by atoms with E-state index in [9.17, 15) is 9.59 Å². The van der Waals surface area contributed by atoms with Crippen molar-refractivity contribution in [3.05, 3.63) is 24.3 Å². The Labute approximate surface area is 156 Å². The lowest BCUT2D eigenvalue weighted by Crippen LogP contribution is -3.15. The van der Waals surface area contributed by atoms with Crippen molar-refractivity contribution in [2.24, 2.45) is 0 Å². The number of benzene rings is 1. The van der Waals surface area contributed by atoms with Gasteiger partial charge in [-0.15, -0.1) is 0 Å². The predicted molar refractivity (Wildman–Crippen MR) is 102 cm³/mol. The molecule has 0 heterocycles. The van der Waals surface area contributed by atoms with Crippen LogP contribution in [0.5, 0.6) is 5.75 Å². The van der Waals surface area contributed by atoms with E-state index in [0.29, 0.717) is 6.04 Å². The number of nitrogens with one attached hydrogen (secondary N) is 2. The molecular weight excluding hydrogens is 330 g/mol. The van der Waals surface area contributed by atoms with Gasteiger partial charge in [-0.05, 0) is 44.0 Å². The van der Waals surface area contributed by atoms with Crippen molar-refractivity contribution in [3.8, 4) is 5.75 Å². The quantitative estimate of drug-likeness (QED) is 0.769. The highest BCUT2D eigenvalue weighted by Gasteiger charge is 2.30. The first-order chi connectivity index (χ1) is 12.4. The fraction of sp³-hybridized carbons (Fsp3) is 0.600. The number of carbonyl (C=O) groups is 2. The number of quaternary nitrogens is 1. The van der Waals surface area contributed by atoms with Crippen LogP contribution in [0.2, 0.25) is 0 Å². The van der Waals surface area contributed by atoms with Crippen LogP contribution >= 0.6 is 0 Å². The number of hydrogen-bond acceptors (Lipinski definition) is 3. The van der Waals surface area contributed by atoms with Gasteiger partial charge in [0.2, 0.25) is 0 Å². The van der Waals surface area contributed by atoms with E-state index in [1.54, 1.807) is 31.4 Å².